The van der Waals surface area contributed by atoms with Crippen molar-refractivity contribution in [3.8, 4) is 0 Å². The lowest BCUT2D eigenvalue weighted by Crippen LogP contribution is -2.40. The first-order valence-electron chi connectivity index (χ1n) is 8.56. The Hall–Kier alpha value is -1.37. The lowest BCUT2D eigenvalue weighted by Gasteiger charge is -2.32. The summed E-state index contributed by atoms with van der Waals surface area (Å²) in [5.41, 5.74) is 5.07. The van der Waals surface area contributed by atoms with Crippen molar-refractivity contribution in [2.45, 2.75) is 33.2 Å². The Balaban J connectivity index is 1.68. The average molecular weight is 350 g/mol. The highest BCUT2D eigenvalue weighted by Gasteiger charge is 2.22. The molecule has 2 aromatic rings. The van der Waals surface area contributed by atoms with Crippen LogP contribution in [0.15, 0.2) is 18.2 Å². The van der Waals surface area contributed by atoms with Gasteiger partial charge in [0, 0.05) is 36.2 Å². The highest BCUT2D eigenvalue weighted by atomic mass is 32.2. The smallest absolute Gasteiger partial charge is 0.208 e. The van der Waals surface area contributed by atoms with Gasteiger partial charge in [0.25, 0.3) is 0 Å². The second-order valence-electron chi connectivity index (χ2n) is 7.14. The van der Waals surface area contributed by atoms with E-state index in [9.17, 15) is 8.42 Å². The van der Waals surface area contributed by atoms with Gasteiger partial charge >= 0.3 is 0 Å². The molecule has 1 aliphatic rings. The SMILES string of the molecule is Cc1ccc2[nH]c(CN3CCC[C@H](CNS(C)(=O)=O)C3)c(C)c2c1. The lowest BCUT2D eigenvalue weighted by atomic mass is 9.98. The van der Waals surface area contributed by atoms with Crippen molar-refractivity contribution in [2.75, 3.05) is 25.9 Å². The fourth-order valence-electron chi connectivity index (χ4n) is 3.61. The number of nitrogens with one attached hydrogen (secondary N) is 2. The molecular weight excluding hydrogens is 322 g/mol. The molecule has 1 fully saturated rings. The van der Waals surface area contributed by atoms with Gasteiger partial charge in [-0.15, -0.1) is 0 Å². The molecule has 2 heterocycles. The van der Waals surface area contributed by atoms with Crippen LogP contribution in [-0.2, 0) is 16.6 Å². The van der Waals surface area contributed by atoms with Crippen LogP contribution in [0.2, 0.25) is 0 Å². The van der Waals surface area contributed by atoms with Crippen LogP contribution in [-0.4, -0.2) is 44.2 Å². The number of benzene rings is 1. The maximum Gasteiger partial charge on any atom is 0.208 e. The maximum atomic E-state index is 11.3. The largest absolute Gasteiger partial charge is 0.357 e. The number of aromatic nitrogens is 1. The highest BCUT2D eigenvalue weighted by molar-refractivity contribution is 7.88. The van der Waals surface area contributed by atoms with Gasteiger partial charge in [0.1, 0.15) is 0 Å². The molecule has 3 rings (SSSR count). The van der Waals surface area contributed by atoms with Crippen LogP contribution in [0, 0.1) is 19.8 Å². The van der Waals surface area contributed by atoms with Gasteiger partial charge in [0.15, 0.2) is 0 Å². The van der Waals surface area contributed by atoms with Crippen LogP contribution in [0.5, 0.6) is 0 Å². The Labute approximate surface area is 144 Å². The van der Waals surface area contributed by atoms with E-state index in [-0.39, 0.29) is 0 Å². The lowest BCUT2D eigenvalue weighted by molar-refractivity contribution is 0.167. The number of hydrogen-bond donors (Lipinski definition) is 2. The minimum Gasteiger partial charge on any atom is -0.357 e. The zero-order valence-electron chi connectivity index (χ0n) is 14.7. The van der Waals surface area contributed by atoms with E-state index in [0.717, 1.165) is 32.5 Å². The number of nitrogens with zero attached hydrogens (tertiary/aromatic N) is 1. The average Bonchev–Trinajstić information content (AvgIpc) is 2.81. The summed E-state index contributed by atoms with van der Waals surface area (Å²) in [6.07, 6.45) is 3.43. The zero-order chi connectivity index (χ0) is 17.3. The summed E-state index contributed by atoms with van der Waals surface area (Å²) in [5, 5.41) is 1.30. The predicted molar refractivity (Wildman–Crippen MR) is 98.6 cm³/mol. The number of likely N-dealkylation sites (tertiary alicyclic amines) is 1. The molecule has 0 unspecified atom stereocenters. The van der Waals surface area contributed by atoms with Gasteiger partial charge in [-0.2, -0.15) is 0 Å². The highest BCUT2D eigenvalue weighted by Crippen LogP contribution is 2.25. The summed E-state index contributed by atoms with van der Waals surface area (Å²) in [6, 6.07) is 6.52. The van der Waals surface area contributed by atoms with Crippen molar-refractivity contribution in [3.63, 3.8) is 0 Å². The van der Waals surface area contributed by atoms with E-state index >= 15 is 0 Å². The molecule has 0 aliphatic carbocycles. The molecule has 0 bridgehead atoms. The minimum atomic E-state index is -3.10. The predicted octanol–water partition coefficient (Wildman–Crippen LogP) is 2.55. The molecular formula is C18H27N3O2S. The van der Waals surface area contributed by atoms with E-state index in [1.165, 1.54) is 34.0 Å². The number of fused-ring (bicyclic) bond motifs is 1. The third-order valence-corrected chi connectivity index (χ3v) is 5.63. The molecule has 1 aliphatic heterocycles. The molecule has 24 heavy (non-hydrogen) atoms. The monoisotopic (exact) mass is 349 g/mol. The van der Waals surface area contributed by atoms with E-state index < -0.39 is 10.0 Å². The molecule has 1 aromatic carbocycles. The van der Waals surface area contributed by atoms with E-state index in [0.29, 0.717) is 12.5 Å². The van der Waals surface area contributed by atoms with Crippen molar-refractivity contribution >= 4 is 20.9 Å². The van der Waals surface area contributed by atoms with E-state index in [2.05, 4.69) is 46.7 Å². The van der Waals surface area contributed by atoms with Crippen LogP contribution in [0.4, 0.5) is 0 Å². The molecule has 1 aromatic heterocycles. The van der Waals surface area contributed by atoms with Gasteiger partial charge in [-0.25, -0.2) is 13.1 Å². The molecule has 1 saturated heterocycles. The first-order valence-corrected chi connectivity index (χ1v) is 10.5. The molecule has 132 valence electrons. The second-order valence-corrected chi connectivity index (χ2v) is 8.97. The number of H-pyrrole nitrogens is 1. The van der Waals surface area contributed by atoms with Crippen molar-refractivity contribution < 1.29 is 8.42 Å². The van der Waals surface area contributed by atoms with Gasteiger partial charge in [0.05, 0.1) is 6.26 Å². The molecule has 0 saturated carbocycles. The normalized spacial score (nSPS) is 19.9. The van der Waals surface area contributed by atoms with Crippen LogP contribution in [0.3, 0.4) is 0 Å². The molecule has 2 N–H and O–H groups in total. The summed E-state index contributed by atoms with van der Waals surface area (Å²) >= 11 is 0. The summed E-state index contributed by atoms with van der Waals surface area (Å²) < 4.78 is 25.2. The van der Waals surface area contributed by atoms with Crippen molar-refractivity contribution in [1.29, 1.82) is 0 Å². The summed E-state index contributed by atoms with van der Waals surface area (Å²) in [6.45, 7) is 7.75. The van der Waals surface area contributed by atoms with Gasteiger partial charge in [0.2, 0.25) is 10.0 Å². The van der Waals surface area contributed by atoms with Crippen LogP contribution < -0.4 is 4.72 Å². The number of aryl methyl sites for hydroxylation is 2. The Bertz CT molecular complexity index is 826. The fourth-order valence-corrected chi connectivity index (χ4v) is 4.15. The molecule has 0 amide bonds. The van der Waals surface area contributed by atoms with Gasteiger partial charge < -0.3 is 4.98 Å². The van der Waals surface area contributed by atoms with E-state index in [1.807, 2.05) is 0 Å². The van der Waals surface area contributed by atoms with Crippen LogP contribution in [0.25, 0.3) is 10.9 Å². The third kappa shape index (κ3) is 4.18. The van der Waals surface area contributed by atoms with E-state index in [4.69, 9.17) is 0 Å². The fraction of sp³-hybridized carbons (Fsp3) is 0.556. The Morgan fingerprint density at radius 2 is 2.12 bits per heavy atom. The summed E-state index contributed by atoms with van der Waals surface area (Å²) in [4.78, 5) is 5.99. The number of aromatic amines is 1. The number of hydrogen-bond acceptors (Lipinski definition) is 3. The number of rotatable bonds is 5. The minimum absolute atomic E-state index is 0.389. The third-order valence-electron chi connectivity index (χ3n) is 4.94. The van der Waals surface area contributed by atoms with Gasteiger partial charge in [-0.05, 0) is 56.8 Å². The molecule has 5 nitrogen and oxygen atoms in total. The van der Waals surface area contributed by atoms with E-state index in [1.54, 1.807) is 0 Å². The standard InChI is InChI=1S/C18H27N3O2S/c1-13-6-7-17-16(9-13)14(2)18(20-17)12-21-8-4-5-15(11-21)10-19-24(3,22)23/h6-7,9,15,19-20H,4-5,8,10-12H2,1-3H3/t15-/m1/s1. The Kier molecular flexibility index (Phi) is 4.99. The summed E-state index contributed by atoms with van der Waals surface area (Å²) in [5.74, 6) is 0.389. The maximum absolute atomic E-state index is 11.3. The molecule has 0 radical (unpaired) electrons. The number of sulfonamides is 1. The topological polar surface area (TPSA) is 65.2 Å². The molecule has 6 heteroatoms. The first-order chi connectivity index (χ1) is 11.3. The van der Waals surface area contributed by atoms with Gasteiger partial charge in [-0.3, -0.25) is 4.90 Å². The Morgan fingerprint density at radius 3 is 2.88 bits per heavy atom. The van der Waals surface area contributed by atoms with Crippen molar-refractivity contribution in [3.05, 3.63) is 35.0 Å². The second kappa shape index (κ2) is 6.86. The molecule has 0 spiro atoms. The zero-order valence-corrected chi connectivity index (χ0v) is 15.5. The Morgan fingerprint density at radius 1 is 1.33 bits per heavy atom. The summed E-state index contributed by atoms with van der Waals surface area (Å²) in [7, 11) is -3.10. The van der Waals surface area contributed by atoms with Crippen molar-refractivity contribution in [2.24, 2.45) is 5.92 Å². The van der Waals surface area contributed by atoms with Crippen LogP contribution >= 0.6 is 0 Å². The quantitative estimate of drug-likeness (QED) is 0.872. The number of piperidine rings is 1. The molecule has 1 atom stereocenters. The van der Waals surface area contributed by atoms with Crippen LogP contribution in [0.1, 0.15) is 29.7 Å². The first kappa shape index (κ1) is 17.5. The van der Waals surface area contributed by atoms with Gasteiger partial charge in [-0.1, -0.05) is 11.6 Å². The van der Waals surface area contributed by atoms with Crippen molar-refractivity contribution in [1.82, 2.24) is 14.6 Å².